The van der Waals surface area contributed by atoms with E-state index in [0.29, 0.717) is 11.8 Å². The van der Waals surface area contributed by atoms with Crippen LogP contribution >= 0.6 is 24.8 Å². The minimum absolute atomic E-state index is 0. The third-order valence-corrected chi connectivity index (χ3v) is 6.82. The summed E-state index contributed by atoms with van der Waals surface area (Å²) in [6.07, 6.45) is 5.32. The number of anilines is 1. The highest BCUT2D eigenvalue weighted by atomic mass is 35.5. The van der Waals surface area contributed by atoms with Gasteiger partial charge in [-0.1, -0.05) is 12.1 Å². The number of likely N-dealkylation sites (tertiary alicyclic amines) is 1. The molecule has 1 aromatic rings. The number of rotatable bonds is 5. The second-order valence-corrected chi connectivity index (χ2v) is 8.60. The third-order valence-electron chi connectivity index (χ3n) is 6.82. The van der Waals surface area contributed by atoms with Crippen LogP contribution in [0.4, 0.5) is 5.69 Å². The Labute approximate surface area is 185 Å². The summed E-state index contributed by atoms with van der Waals surface area (Å²) in [6, 6.07) is 8.03. The SMILES string of the molecule is Cl.Cl.NC(=O)C1CCCN(Cc2ccc(NC(=O)C3C4CCC(C4)C3N)cc2)C1. The Kier molecular flexibility index (Phi) is 8.35. The molecule has 0 spiro atoms. The predicted octanol–water partition coefficient (Wildman–Crippen LogP) is 2.54. The van der Waals surface area contributed by atoms with E-state index in [9.17, 15) is 9.59 Å². The van der Waals surface area contributed by atoms with Crippen molar-refractivity contribution in [3.63, 3.8) is 0 Å². The highest BCUT2D eigenvalue weighted by Gasteiger charge is 2.49. The molecule has 0 aromatic heterocycles. The van der Waals surface area contributed by atoms with E-state index in [1.165, 1.54) is 12.0 Å². The molecule has 2 bridgehead atoms. The van der Waals surface area contributed by atoms with Gasteiger partial charge in [0.1, 0.15) is 0 Å². The number of fused-ring (bicyclic) bond motifs is 2. The molecule has 3 aliphatic rings. The van der Waals surface area contributed by atoms with E-state index in [1.54, 1.807) is 0 Å². The van der Waals surface area contributed by atoms with Gasteiger partial charge in [0.05, 0.1) is 11.8 Å². The van der Waals surface area contributed by atoms with Crippen LogP contribution in [0, 0.1) is 23.7 Å². The Balaban J connectivity index is 0.00000150. The molecule has 2 aliphatic carbocycles. The summed E-state index contributed by atoms with van der Waals surface area (Å²) in [5.74, 6) is 0.786. The summed E-state index contributed by atoms with van der Waals surface area (Å²) in [4.78, 5) is 26.4. The first-order valence-electron chi connectivity index (χ1n) is 10.2. The quantitative estimate of drug-likeness (QED) is 0.651. The maximum Gasteiger partial charge on any atom is 0.229 e. The van der Waals surface area contributed by atoms with Crippen molar-refractivity contribution in [2.24, 2.45) is 35.1 Å². The first-order chi connectivity index (χ1) is 13.0. The Hall–Kier alpha value is -1.34. The van der Waals surface area contributed by atoms with Gasteiger partial charge in [-0.15, -0.1) is 24.8 Å². The number of primary amides is 1. The van der Waals surface area contributed by atoms with Gasteiger partial charge in [-0.25, -0.2) is 0 Å². The molecule has 5 unspecified atom stereocenters. The number of amides is 2. The van der Waals surface area contributed by atoms with Crippen molar-refractivity contribution in [2.75, 3.05) is 18.4 Å². The molecule has 2 saturated carbocycles. The lowest BCUT2D eigenvalue weighted by Gasteiger charge is -2.31. The fraction of sp³-hybridized carbons (Fsp3) is 0.619. The number of benzene rings is 1. The summed E-state index contributed by atoms with van der Waals surface area (Å²) in [5.41, 5.74) is 13.7. The fourth-order valence-electron chi connectivity index (χ4n) is 5.33. The molecule has 5 N–H and O–H groups in total. The van der Waals surface area contributed by atoms with Crippen LogP contribution in [0.15, 0.2) is 24.3 Å². The molecule has 1 saturated heterocycles. The van der Waals surface area contributed by atoms with Gasteiger partial charge in [-0.3, -0.25) is 14.5 Å². The molecule has 6 nitrogen and oxygen atoms in total. The monoisotopic (exact) mass is 442 g/mol. The van der Waals surface area contributed by atoms with E-state index in [0.717, 1.165) is 51.0 Å². The van der Waals surface area contributed by atoms with Crippen LogP contribution in [-0.2, 0) is 16.1 Å². The average Bonchev–Trinajstić information content (AvgIpc) is 3.24. The minimum Gasteiger partial charge on any atom is -0.369 e. The van der Waals surface area contributed by atoms with E-state index in [-0.39, 0.29) is 54.5 Å². The smallest absolute Gasteiger partial charge is 0.229 e. The number of hydrogen-bond acceptors (Lipinski definition) is 4. The molecule has 3 fully saturated rings. The molecule has 0 radical (unpaired) electrons. The van der Waals surface area contributed by atoms with Gasteiger partial charge in [0, 0.05) is 24.8 Å². The Bertz CT molecular complexity index is 713. The van der Waals surface area contributed by atoms with Crippen molar-refractivity contribution in [3.05, 3.63) is 29.8 Å². The molecule has 5 atom stereocenters. The molecule has 1 aromatic carbocycles. The van der Waals surface area contributed by atoms with Crippen molar-refractivity contribution in [1.29, 1.82) is 0 Å². The van der Waals surface area contributed by atoms with Crippen LogP contribution in [0.1, 0.15) is 37.7 Å². The summed E-state index contributed by atoms with van der Waals surface area (Å²) in [6.45, 7) is 2.52. The Morgan fingerprint density at radius 2 is 1.76 bits per heavy atom. The number of carbonyl (C=O) groups excluding carboxylic acids is 2. The molecule has 1 aliphatic heterocycles. The van der Waals surface area contributed by atoms with Crippen LogP contribution in [0.25, 0.3) is 0 Å². The predicted molar refractivity (Wildman–Crippen MR) is 119 cm³/mol. The zero-order valence-electron chi connectivity index (χ0n) is 16.6. The van der Waals surface area contributed by atoms with E-state index < -0.39 is 0 Å². The van der Waals surface area contributed by atoms with Gasteiger partial charge in [-0.05, 0) is 68.2 Å². The lowest BCUT2D eigenvalue weighted by Crippen LogP contribution is -2.42. The average molecular weight is 443 g/mol. The summed E-state index contributed by atoms with van der Waals surface area (Å²) in [7, 11) is 0. The molecule has 2 amide bonds. The molecular weight excluding hydrogens is 411 g/mol. The van der Waals surface area contributed by atoms with Gasteiger partial charge in [0.15, 0.2) is 0 Å². The largest absolute Gasteiger partial charge is 0.369 e. The van der Waals surface area contributed by atoms with E-state index >= 15 is 0 Å². The first-order valence-corrected chi connectivity index (χ1v) is 10.2. The zero-order chi connectivity index (χ0) is 19.0. The van der Waals surface area contributed by atoms with Crippen molar-refractivity contribution < 1.29 is 9.59 Å². The molecule has 4 rings (SSSR count). The second kappa shape index (κ2) is 10.1. The highest BCUT2D eigenvalue weighted by molar-refractivity contribution is 5.93. The number of carbonyl (C=O) groups is 2. The van der Waals surface area contributed by atoms with Crippen LogP contribution in [0.5, 0.6) is 0 Å². The first kappa shape index (κ1) is 23.9. The number of hydrogen-bond donors (Lipinski definition) is 3. The van der Waals surface area contributed by atoms with E-state index in [4.69, 9.17) is 11.5 Å². The number of piperidine rings is 1. The van der Waals surface area contributed by atoms with Gasteiger partial charge < -0.3 is 16.8 Å². The number of nitrogens with zero attached hydrogens (tertiary/aromatic N) is 1. The highest BCUT2D eigenvalue weighted by Crippen LogP contribution is 2.47. The van der Waals surface area contributed by atoms with E-state index in [1.807, 2.05) is 24.3 Å². The standard InChI is InChI=1S/C21H30N4O2.2ClH/c22-19-15-6-5-14(10-15)18(19)21(27)24-17-7-3-13(4-8-17)11-25-9-1-2-16(12-25)20(23)26;;/h3-4,7-8,14-16,18-19H,1-2,5-6,9-12,22H2,(H2,23,26)(H,24,27);2*1H. The fourth-order valence-corrected chi connectivity index (χ4v) is 5.33. The maximum absolute atomic E-state index is 12.7. The van der Waals surface area contributed by atoms with Crippen LogP contribution in [-0.4, -0.2) is 35.8 Å². The second-order valence-electron chi connectivity index (χ2n) is 8.60. The number of nitrogens with one attached hydrogen (secondary N) is 1. The zero-order valence-corrected chi connectivity index (χ0v) is 18.2. The lowest BCUT2D eigenvalue weighted by atomic mass is 9.84. The number of nitrogens with two attached hydrogens (primary N) is 2. The van der Waals surface area contributed by atoms with Gasteiger partial charge >= 0.3 is 0 Å². The Morgan fingerprint density at radius 1 is 1.07 bits per heavy atom. The summed E-state index contributed by atoms with van der Waals surface area (Å²) >= 11 is 0. The van der Waals surface area contributed by atoms with Crippen LogP contribution in [0.2, 0.25) is 0 Å². The van der Waals surface area contributed by atoms with Gasteiger partial charge in [0.25, 0.3) is 0 Å². The lowest BCUT2D eigenvalue weighted by molar-refractivity contribution is -0.123. The minimum atomic E-state index is -0.198. The van der Waals surface area contributed by atoms with Crippen molar-refractivity contribution >= 4 is 42.3 Å². The molecule has 29 heavy (non-hydrogen) atoms. The van der Waals surface area contributed by atoms with Gasteiger partial charge in [-0.2, -0.15) is 0 Å². The number of halogens is 2. The van der Waals surface area contributed by atoms with Crippen molar-refractivity contribution in [2.45, 2.75) is 44.7 Å². The van der Waals surface area contributed by atoms with Gasteiger partial charge in [0.2, 0.25) is 11.8 Å². The summed E-state index contributed by atoms with van der Waals surface area (Å²) in [5, 5.41) is 3.06. The van der Waals surface area contributed by atoms with Crippen LogP contribution in [0.3, 0.4) is 0 Å². The molecule has 162 valence electrons. The normalized spacial score (nSPS) is 30.9. The Morgan fingerprint density at radius 3 is 2.38 bits per heavy atom. The molecule has 1 heterocycles. The maximum atomic E-state index is 12.7. The van der Waals surface area contributed by atoms with Crippen molar-refractivity contribution in [1.82, 2.24) is 4.90 Å². The van der Waals surface area contributed by atoms with Crippen molar-refractivity contribution in [3.8, 4) is 0 Å². The third kappa shape index (κ3) is 5.23. The van der Waals surface area contributed by atoms with Crippen LogP contribution < -0.4 is 16.8 Å². The topological polar surface area (TPSA) is 101 Å². The molecule has 8 heteroatoms. The van der Waals surface area contributed by atoms with E-state index in [2.05, 4.69) is 10.2 Å². The molecular formula is C21H32Cl2N4O2. The summed E-state index contributed by atoms with van der Waals surface area (Å²) < 4.78 is 0.